The third kappa shape index (κ3) is 2.07. The molecule has 3 nitrogen and oxygen atoms in total. The Morgan fingerprint density at radius 3 is 2.88 bits per heavy atom. The number of nitrogens with zero attached hydrogens (tertiary/aromatic N) is 1. The Kier molecular flexibility index (Phi) is 2.63. The van der Waals surface area contributed by atoms with Crippen molar-refractivity contribution in [2.24, 2.45) is 11.8 Å². The van der Waals surface area contributed by atoms with Gasteiger partial charge in [0.15, 0.2) is 11.5 Å². The molecule has 1 N–H and O–H groups in total. The van der Waals surface area contributed by atoms with Crippen LogP contribution in [0.25, 0.3) is 11.1 Å². The van der Waals surface area contributed by atoms with E-state index in [2.05, 4.69) is 17.2 Å². The molecule has 0 bridgehead atoms. The fourth-order valence-electron chi connectivity index (χ4n) is 2.57. The molecule has 1 heterocycles. The number of hydrogen-bond acceptors (Lipinski definition) is 3. The second kappa shape index (κ2) is 4.15. The molecule has 2 aromatic rings. The summed E-state index contributed by atoms with van der Waals surface area (Å²) in [7, 11) is 2.03. The highest BCUT2D eigenvalue weighted by molar-refractivity contribution is 5.72. The molecule has 0 spiro atoms. The lowest BCUT2D eigenvalue weighted by Crippen LogP contribution is -2.30. The minimum atomic E-state index is 0.498. The number of benzene rings is 1. The van der Waals surface area contributed by atoms with Crippen molar-refractivity contribution in [1.29, 1.82) is 0 Å². The number of para-hydroxylation sites is 2. The lowest BCUT2D eigenvalue weighted by Gasteiger charge is -2.13. The van der Waals surface area contributed by atoms with E-state index in [0.29, 0.717) is 6.04 Å². The van der Waals surface area contributed by atoms with Gasteiger partial charge in [-0.2, -0.15) is 0 Å². The largest absolute Gasteiger partial charge is 0.441 e. The zero-order chi connectivity index (χ0) is 11.8. The molecule has 0 amide bonds. The Labute approximate surface area is 101 Å². The van der Waals surface area contributed by atoms with Crippen molar-refractivity contribution in [2.45, 2.75) is 25.8 Å². The zero-order valence-electron chi connectivity index (χ0n) is 10.3. The van der Waals surface area contributed by atoms with Crippen LogP contribution in [0.2, 0.25) is 0 Å². The van der Waals surface area contributed by atoms with Gasteiger partial charge in [0.05, 0.1) is 0 Å². The highest BCUT2D eigenvalue weighted by atomic mass is 16.3. The summed E-state index contributed by atoms with van der Waals surface area (Å²) in [5, 5.41) is 3.39. The summed E-state index contributed by atoms with van der Waals surface area (Å²) in [5.74, 6) is 2.48. The SMILES string of the molecule is CNC(Cc1nc2ccccc2o1)C1CC1C. The van der Waals surface area contributed by atoms with Gasteiger partial charge < -0.3 is 9.73 Å². The molecule has 0 radical (unpaired) electrons. The number of nitrogens with one attached hydrogen (secondary N) is 1. The molecule has 1 aromatic carbocycles. The van der Waals surface area contributed by atoms with Crippen LogP contribution in [0.4, 0.5) is 0 Å². The van der Waals surface area contributed by atoms with Crippen LogP contribution >= 0.6 is 0 Å². The number of fused-ring (bicyclic) bond motifs is 1. The Morgan fingerprint density at radius 2 is 2.24 bits per heavy atom. The lowest BCUT2D eigenvalue weighted by molar-refractivity contribution is 0.423. The maximum atomic E-state index is 5.76. The van der Waals surface area contributed by atoms with Crippen LogP contribution in [-0.2, 0) is 6.42 Å². The van der Waals surface area contributed by atoms with Crippen LogP contribution in [0.1, 0.15) is 19.2 Å². The number of hydrogen-bond donors (Lipinski definition) is 1. The molecule has 1 aliphatic carbocycles. The van der Waals surface area contributed by atoms with Crippen LogP contribution in [0.5, 0.6) is 0 Å². The van der Waals surface area contributed by atoms with Crippen molar-refractivity contribution in [1.82, 2.24) is 10.3 Å². The first kappa shape index (κ1) is 10.8. The molecule has 1 fully saturated rings. The summed E-state index contributed by atoms with van der Waals surface area (Å²) in [5.41, 5.74) is 1.85. The first-order chi connectivity index (χ1) is 8.28. The summed E-state index contributed by atoms with van der Waals surface area (Å²) < 4.78 is 5.76. The van der Waals surface area contributed by atoms with E-state index in [0.717, 1.165) is 35.2 Å². The van der Waals surface area contributed by atoms with Gasteiger partial charge >= 0.3 is 0 Å². The molecular weight excluding hydrogens is 212 g/mol. The molecule has 1 aliphatic rings. The summed E-state index contributed by atoms with van der Waals surface area (Å²) in [6, 6.07) is 8.44. The number of oxazole rings is 1. The zero-order valence-corrected chi connectivity index (χ0v) is 10.3. The Morgan fingerprint density at radius 1 is 1.47 bits per heavy atom. The summed E-state index contributed by atoms with van der Waals surface area (Å²) in [6.07, 6.45) is 2.21. The number of aromatic nitrogens is 1. The Balaban J connectivity index is 1.79. The van der Waals surface area contributed by atoms with Crippen LogP contribution in [-0.4, -0.2) is 18.1 Å². The van der Waals surface area contributed by atoms with Crippen LogP contribution in [0.3, 0.4) is 0 Å². The maximum absolute atomic E-state index is 5.76. The molecule has 0 saturated heterocycles. The fourth-order valence-corrected chi connectivity index (χ4v) is 2.57. The monoisotopic (exact) mass is 230 g/mol. The average molecular weight is 230 g/mol. The Hall–Kier alpha value is -1.35. The van der Waals surface area contributed by atoms with E-state index in [1.807, 2.05) is 31.3 Å². The normalized spacial score (nSPS) is 25.1. The van der Waals surface area contributed by atoms with E-state index in [4.69, 9.17) is 4.42 Å². The van der Waals surface area contributed by atoms with Crippen LogP contribution < -0.4 is 5.32 Å². The topological polar surface area (TPSA) is 38.1 Å². The van der Waals surface area contributed by atoms with Gasteiger partial charge in [-0.3, -0.25) is 0 Å². The first-order valence-electron chi connectivity index (χ1n) is 6.29. The van der Waals surface area contributed by atoms with Gasteiger partial charge in [0.2, 0.25) is 0 Å². The predicted molar refractivity (Wildman–Crippen MR) is 67.8 cm³/mol. The number of likely N-dealkylation sites (N-methyl/N-ethyl adjacent to an activating group) is 1. The van der Waals surface area contributed by atoms with Gasteiger partial charge in [0, 0.05) is 12.5 Å². The highest BCUT2D eigenvalue weighted by Gasteiger charge is 2.39. The molecular formula is C14H18N2O. The predicted octanol–water partition coefficient (Wildman–Crippen LogP) is 2.61. The minimum Gasteiger partial charge on any atom is -0.441 e. The van der Waals surface area contributed by atoms with Crippen molar-refractivity contribution >= 4 is 11.1 Å². The van der Waals surface area contributed by atoms with E-state index in [9.17, 15) is 0 Å². The van der Waals surface area contributed by atoms with E-state index in [-0.39, 0.29) is 0 Å². The third-order valence-electron chi connectivity index (χ3n) is 3.79. The molecule has 3 rings (SSSR count). The van der Waals surface area contributed by atoms with Crippen molar-refractivity contribution in [2.75, 3.05) is 7.05 Å². The van der Waals surface area contributed by atoms with Gasteiger partial charge in [-0.05, 0) is 37.4 Å². The van der Waals surface area contributed by atoms with Gasteiger partial charge in [0.1, 0.15) is 5.52 Å². The summed E-state index contributed by atoms with van der Waals surface area (Å²) in [6.45, 7) is 2.31. The second-order valence-corrected chi connectivity index (χ2v) is 5.05. The molecule has 1 aromatic heterocycles. The van der Waals surface area contributed by atoms with Crippen molar-refractivity contribution in [3.05, 3.63) is 30.2 Å². The third-order valence-corrected chi connectivity index (χ3v) is 3.79. The molecule has 3 atom stereocenters. The average Bonchev–Trinajstić information content (AvgIpc) is 2.92. The first-order valence-corrected chi connectivity index (χ1v) is 6.29. The van der Waals surface area contributed by atoms with Gasteiger partial charge in [0.25, 0.3) is 0 Å². The van der Waals surface area contributed by atoms with Crippen molar-refractivity contribution in [3.8, 4) is 0 Å². The van der Waals surface area contributed by atoms with Crippen molar-refractivity contribution < 1.29 is 4.42 Å². The van der Waals surface area contributed by atoms with Crippen molar-refractivity contribution in [3.63, 3.8) is 0 Å². The number of rotatable bonds is 4. The molecule has 17 heavy (non-hydrogen) atoms. The summed E-state index contributed by atoms with van der Waals surface area (Å²) in [4.78, 5) is 4.53. The Bertz CT molecular complexity index is 487. The minimum absolute atomic E-state index is 0.498. The molecule has 0 aliphatic heterocycles. The fraction of sp³-hybridized carbons (Fsp3) is 0.500. The molecule has 3 unspecified atom stereocenters. The van der Waals surface area contributed by atoms with Gasteiger partial charge in [-0.1, -0.05) is 19.1 Å². The maximum Gasteiger partial charge on any atom is 0.197 e. The lowest BCUT2D eigenvalue weighted by atomic mass is 10.1. The molecule has 3 heteroatoms. The summed E-state index contributed by atoms with van der Waals surface area (Å²) >= 11 is 0. The van der Waals surface area contributed by atoms with E-state index >= 15 is 0 Å². The second-order valence-electron chi connectivity index (χ2n) is 5.05. The standard InChI is InChI=1S/C14H18N2O/c1-9-7-10(9)12(15-2)8-14-16-11-5-3-4-6-13(11)17-14/h3-6,9-10,12,15H,7-8H2,1-2H3. The highest BCUT2D eigenvalue weighted by Crippen LogP contribution is 2.41. The van der Waals surface area contributed by atoms with Crippen LogP contribution in [0.15, 0.2) is 28.7 Å². The smallest absolute Gasteiger partial charge is 0.197 e. The molecule has 90 valence electrons. The van der Waals surface area contributed by atoms with E-state index in [1.54, 1.807) is 0 Å². The quantitative estimate of drug-likeness (QED) is 0.877. The van der Waals surface area contributed by atoms with E-state index < -0.39 is 0 Å². The van der Waals surface area contributed by atoms with Gasteiger partial charge in [-0.15, -0.1) is 0 Å². The molecule has 1 saturated carbocycles. The van der Waals surface area contributed by atoms with E-state index in [1.165, 1.54) is 6.42 Å². The van der Waals surface area contributed by atoms with Gasteiger partial charge in [-0.25, -0.2) is 4.98 Å². The van der Waals surface area contributed by atoms with Crippen LogP contribution in [0, 0.1) is 11.8 Å².